The highest BCUT2D eigenvalue weighted by molar-refractivity contribution is 7.90. The first-order chi connectivity index (χ1) is 7.38. The molecule has 1 rings (SSSR count). The summed E-state index contributed by atoms with van der Waals surface area (Å²) in [5.41, 5.74) is 0. The van der Waals surface area contributed by atoms with E-state index in [1.54, 1.807) is 0 Å². The first kappa shape index (κ1) is 13.9. The molecule has 0 bridgehead atoms. The zero-order chi connectivity index (χ0) is 12.2. The summed E-state index contributed by atoms with van der Waals surface area (Å²) >= 11 is 0. The molecule has 1 aliphatic heterocycles. The van der Waals surface area contributed by atoms with Crippen LogP contribution in [0, 0.1) is 5.92 Å². The first-order valence-electron chi connectivity index (χ1n) is 5.91. The maximum atomic E-state index is 11.0. The number of ether oxygens (including phenoxy) is 1. The Labute approximate surface area is 98.7 Å². The van der Waals surface area contributed by atoms with E-state index in [1.165, 1.54) is 6.26 Å². The molecule has 1 fully saturated rings. The molecule has 2 unspecified atom stereocenters. The van der Waals surface area contributed by atoms with E-state index in [0.29, 0.717) is 24.6 Å². The second-order valence-electron chi connectivity index (χ2n) is 4.96. The van der Waals surface area contributed by atoms with E-state index in [-0.39, 0.29) is 5.75 Å². The lowest BCUT2D eigenvalue weighted by Gasteiger charge is -2.32. The van der Waals surface area contributed by atoms with Crippen LogP contribution in [-0.2, 0) is 14.6 Å². The Hall–Kier alpha value is -0.130. The third-order valence-electron chi connectivity index (χ3n) is 2.96. The molecule has 1 heterocycles. The molecule has 0 saturated carbocycles. The van der Waals surface area contributed by atoms with E-state index in [2.05, 4.69) is 19.2 Å². The fourth-order valence-electron chi connectivity index (χ4n) is 1.93. The Bertz CT molecular complexity index is 300. The molecule has 0 aromatic carbocycles. The highest BCUT2D eigenvalue weighted by atomic mass is 32.2. The summed E-state index contributed by atoms with van der Waals surface area (Å²) in [7, 11) is -2.85. The predicted octanol–water partition coefficient (Wildman–Crippen LogP) is 0.824. The van der Waals surface area contributed by atoms with E-state index in [9.17, 15) is 8.42 Å². The van der Waals surface area contributed by atoms with Crippen LogP contribution >= 0.6 is 0 Å². The number of sulfone groups is 1. The van der Waals surface area contributed by atoms with Gasteiger partial charge in [0.05, 0.1) is 11.9 Å². The number of hydrogen-bond acceptors (Lipinski definition) is 4. The topological polar surface area (TPSA) is 55.4 Å². The van der Waals surface area contributed by atoms with Crippen molar-refractivity contribution in [1.29, 1.82) is 0 Å². The summed E-state index contributed by atoms with van der Waals surface area (Å²) in [6.07, 6.45) is 3.55. The zero-order valence-electron chi connectivity index (χ0n) is 10.4. The molecule has 16 heavy (non-hydrogen) atoms. The Morgan fingerprint density at radius 3 is 2.69 bits per heavy atom. The first-order valence-corrected chi connectivity index (χ1v) is 7.97. The largest absolute Gasteiger partial charge is 0.378 e. The molecule has 0 amide bonds. The standard InChI is InChI=1S/C11H23NO3S/c1-9(2)11-8-10(4-6-15-11)12-5-7-16(3,13)14/h9-12H,4-8H2,1-3H3. The van der Waals surface area contributed by atoms with Crippen molar-refractivity contribution in [3.63, 3.8) is 0 Å². The molecule has 0 aromatic heterocycles. The highest BCUT2D eigenvalue weighted by Crippen LogP contribution is 2.19. The lowest BCUT2D eigenvalue weighted by atomic mass is 9.95. The smallest absolute Gasteiger partial charge is 0.148 e. The van der Waals surface area contributed by atoms with Crippen molar-refractivity contribution >= 4 is 9.84 Å². The van der Waals surface area contributed by atoms with E-state index >= 15 is 0 Å². The van der Waals surface area contributed by atoms with Crippen molar-refractivity contribution in [2.45, 2.75) is 38.8 Å². The summed E-state index contributed by atoms with van der Waals surface area (Å²) in [6, 6.07) is 0.405. The average molecular weight is 249 g/mol. The van der Waals surface area contributed by atoms with Gasteiger partial charge in [0.15, 0.2) is 0 Å². The van der Waals surface area contributed by atoms with Crippen molar-refractivity contribution in [1.82, 2.24) is 5.32 Å². The van der Waals surface area contributed by atoms with E-state index in [0.717, 1.165) is 19.4 Å². The normalized spacial score (nSPS) is 27.2. The molecule has 0 radical (unpaired) electrons. The van der Waals surface area contributed by atoms with Gasteiger partial charge in [0.2, 0.25) is 0 Å². The summed E-state index contributed by atoms with van der Waals surface area (Å²) < 4.78 is 27.6. The summed E-state index contributed by atoms with van der Waals surface area (Å²) in [5, 5.41) is 3.30. The molecule has 1 aliphatic rings. The minimum absolute atomic E-state index is 0.219. The van der Waals surface area contributed by atoms with Crippen LogP contribution in [0.2, 0.25) is 0 Å². The monoisotopic (exact) mass is 249 g/mol. The Kier molecular flexibility index (Phi) is 5.21. The van der Waals surface area contributed by atoms with Gasteiger partial charge < -0.3 is 10.1 Å². The molecular weight excluding hydrogens is 226 g/mol. The van der Waals surface area contributed by atoms with Gasteiger partial charge in [-0.15, -0.1) is 0 Å². The quantitative estimate of drug-likeness (QED) is 0.784. The number of hydrogen-bond donors (Lipinski definition) is 1. The fourth-order valence-corrected chi connectivity index (χ4v) is 2.42. The van der Waals surface area contributed by atoms with Crippen LogP contribution in [0.1, 0.15) is 26.7 Å². The fraction of sp³-hybridized carbons (Fsp3) is 1.00. The van der Waals surface area contributed by atoms with Gasteiger partial charge in [-0.2, -0.15) is 0 Å². The van der Waals surface area contributed by atoms with Gasteiger partial charge >= 0.3 is 0 Å². The molecule has 0 aliphatic carbocycles. The third kappa shape index (κ3) is 5.27. The van der Waals surface area contributed by atoms with E-state index in [4.69, 9.17) is 4.74 Å². The average Bonchev–Trinajstić information content (AvgIpc) is 2.16. The van der Waals surface area contributed by atoms with Crippen molar-refractivity contribution < 1.29 is 13.2 Å². The van der Waals surface area contributed by atoms with Crippen molar-refractivity contribution in [2.75, 3.05) is 25.2 Å². The summed E-state index contributed by atoms with van der Waals surface area (Å²) in [4.78, 5) is 0. The Balaban J connectivity index is 2.27. The van der Waals surface area contributed by atoms with Crippen LogP contribution in [0.4, 0.5) is 0 Å². The van der Waals surface area contributed by atoms with Crippen molar-refractivity contribution in [2.24, 2.45) is 5.92 Å². The molecule has 2 atom stereocenters. The van der Waals surface area contributed by atoms with Gasteiger partial charge in [-0.3, -0.25) is 0 Å². The van der Waals surface area contributed by atoms with Gasteiger partial charge in [-0.25, -0.2) is 8.42 Å². The Morgan fingerprint density at radius 1 is 1.44 bits per heavy atom. The molecule has 0 spiro atoms. The van der Waals surface area contributed by atoms with Crippen LogP contribution in [0.5, 0.6) is 0 Å². The second kappa shape index (κ2) is 5.98. The van der Waals surface area contributed by atoms with Crippen LogP contribution in [0.25, 0.3) is 0 Å². The van der Waals surface area contributed by atoms with Crippen molar-refractivity contribution in [3.05, 3.63) is 0 Å². The molecular formula is C11H23NO3S. The van der Waals surface area contributed by atoms with Crippen LogP contribution in [0.15, 0.2) is 0 Å². The molecule has 0 aromatic rings. The minimum atomic E-state index is -2.85. The van der Waals surface area contributed by atoms with Crippen LogP contribution in [-0.4, -0.2) is 45.7 Å². The molecule has 96 valence electrons. The minimum Gasteiger partial charge on any atom is -0.378 e. The number of nitrogens with one attached hydrogen (secondary N) is 1. The number of rotatable bonds is 5. The van der Waals surface area contributed by atoms with E-state index < -0.39 is 9.84 Å². The summed E-state index contributed by atoms with van der Waals surface area (Å²) in [5.74, 6) is 0.746. The maximum absolute atomic E-state index is 11.0. The van der Waals surface area contributed by atoms with Gasteiger partial charge in [-0.1, -0.05) is 13.8 Å². The maximum Gasteiger partial charge on any atom is 0.148 e. The molecule has 1 saturated heterocycles. The zero-order valence-corrected chi connectivity index (χ0v) is 11.2. The van der Waals surface area contributed by atoms with Gasteiger partial charge in [0.1, 0.15) is 9.84 Å². The van der Waals surface area contributed by atoms with Crippen LogP contribution < -0.4 is 5.32 Å². The Morgan fingerprint density at radius 2 is 2.12 bits per heavy atom. The van der Waals surface area contributed by atoms with Gasteiger partial charge in [0.25, 0.3) is 0 Å². The SMILES string of the molecule is CC(C)C1CC(NCCS(C)(=O)=O)CCO1. The lowest BCUT2D eigenvalue weighted by molar-refractivity contribution is -0.0240. The third-order valence-corrected chi connectivity index (χ3v) is 3.91. The molecule has 4 nitrogen and oxygen atoms in total. The lowest BCUT2D eigenvalue weighted by Crippen LogP contribution is -2.42. The highest BCUT2D eigenvalue weighted by Gasteiger charge is 2.24. The second-order valence-corrected chi connectivity index (χ2v) is 7.22. The predicted molar refractivity (Wildman–Crippen MR) is 65.3 cm³/mol. The van der Waals surface area contributed by atoms with E-state index in [1.807, 2.05) is 0 Å². The summed E-state index contributed by atoms with van der Waals surface area (Å²) in [6.45, 7) is 5.64. The van der Waals surface area contributed by atoms with Gasteiger partial charge in [-0.05, 0) is 18.8 Å². The molecule has 5 heteroatoms. The van der Waals surface area contributed by atoms with Gasteiger partial charge in [0, 0.05) is 25.4 Å². The van der Waals surface area contributed by atoms with Crippen molar-refractivity contribution in [3.8, 4) is 0 Å². The van der Waals surface area contributed by atoms with Crippen LogP contribution in [0.3, 0.4) is 0 Å². The molecule has 1 N–H and O–H groups in total.